The van der Waals surface area contributed by atoms with Crippen molar-refractivity contribution < 1.29 is 18.8 Å². The van der Waals surface area contributed by atoms with Gasteiger partial charge in [0.25, 0.3) is 5.91 Å². The fraction of sp³-hybridized carbons (Fsp3) is 0.167. The molecule has 4 N–H and O–H groups in total. The van der Waals surface area contributed by atoms with Gasteiger partial charge in [-0.25, -0.2) is 9.18 Å². The number of hydrogen-bond donors (Lipinski definition) is 4. The summed E-state index contributed by atoms with van der Waals surface area (Å²) in [5.41, 5.74) is 2.44. The first-order valence-electron chi connectivity index (χ1n) is 8.66. The van der Waals surface area contributed by atoms with Crippen molar-refractivity contribution in [3.05, 3.63) is 60.2 Å². The lowest BCUT2D eigenvalue weighted by Crippen LogP contribution is -2.55. The number of hydrogen-bond acceptors (Lipinski definition) is 7. The van der Waals surface area contributed by atoms with Crippen LogP contribution in [0.2, 0.25) is 0 Å². The number of imide groups is 1. The Kier molecular flexibility index (Phi) is 4.64. The molecule has 3 heterocycles. The zero-order chi connectivity index (χ0) is 20.4. The predicted molar refractivity (Wildman–Crippen MR) is 99.9 cm³/mol. The van der Waals surface area contributed by atoms with E-state index in [1.165, 1.54) is 48.0 Å². The quantitative estimate of drug-likeness (QED) is 0.515. The van der Waals surface area contributed by atoms with Gasteiger partial charge in [-0.15, -0.1) is 0 Å². The van der Waals surface area contributed by atoms with Crippen LogP contribution in [0.3, 0.4) is 0 Å². The minimum atomic E-state index is -1.44. The van der Waals surface area contributed by atoms with Crippen LogP contribution in [0.25, 0.3) is 0 Å². The lowest BCUT2D eigenvalue weighted by Gasteiger charge is -2.27. The van der Waals surface area contributed by atoms with Gasteiger partial charge in [-0.2, -0.15) is 15.6 Å². The van der Waals surface area contributed by atoms with Crippen LogP contribution in [0.15, 0.2) is 53.9 Å². The number of carbonyl (C=O) groups is 3. The highest BCUT2D eigenvalue weighted by atomic mass is 19.1. The van der Waals surface area contributed by atoms with Crippen LogP contribution < -0.4 is 26.5 Å². The Morgan fingerprint density at radius 1 is 1.17 bits per heavy atom. The molecule has 2 atom stereocenters. The van der Waals surface area contributed by atoms with Crippen LogP contribution in [0.5, 0.6) is 0 Å². The van der Waals surface area contributed by atoms with Crippen LogP contribution in [-0.2, 0) is 15.1 Å². The Morgan fingerprint density at radius 3 is 2.55 bits per heavy atom. The molecule has 148 valence electrons. The lowest BCUT2D eigenvalue weighted by molar-refractivity contribution is -0.125. The van der Waals surface area contributed by atoms with Gasteiger partial charge in [-0.05, 0) is 42.0 Å². The summed E-state index contributed by atoms with van der Waals surface area (Å²) in [5, 5.41) is 12.8. The predicted octanol–water partition coefficient (Wildman–Crippen LogP) is -0.249. The van der Waals surface area contributed by atoms with Gasteiger partial charge in [0.2, 0.25) is 5.91 Å². The van der Waals surface area contributed by atoms with Gasteiger partial charge < -0.3 is 10.6 Å². The summed E-state index contributed by atoms with van der Waals surface area (Å²) in [7, 11) is 0. The van der Waals surface area contributed by atoms with E-state index in [9.17, 15) is 18.8 Å². The number of aromatic nitrogens is 1. The van der Waals surface area contributed by atoms with Gasteiger partial charge in [-0.1, -0.05) is 0 Å². The molecule has 4 amide bonds. The van der Waals surface area contributed by atoms with E-state index in [4.69, 9.17) is 0 Å². The number of amides is 4. The number of nitrogens with one attached hydrogen (secondary N) is 4. The van der Waals surface area contributed by atoms with Gasteiger partial charge in [-0.3, -0.25) is 19.9 Å². The first-order valence-corrected chi connectivity index (χ1v) is 8.66. The summed E-state index contributed by atoms with van der Waals surface area (Å²) < 4.78 is 13.1. The molecular weight excluding hydrogens is 381 g/mol. The number of hydrazone groups is 1. The van der Waals surface area contributed by atoms with Crippen molar-refractivity contribution in [1.29, 1.82) is 0 Å². The molecule has 0 bridgehead atoms. The lowest BCUT2D eigenvalue weighted by atomic mass is 9.90. The van der Waals surface area contributed by atoms with Crippen LogP contribution >= 0.6 is 0 Å². The van der Waals surface area contributed by atoms with Crippen LogP contribution in [0.1, 0.15) is 5.56 Å². The number of rotatable bonds is 5. The topological polar surface area (TPSA) is 128 Å². The largest absolute Gasteiger partial charge is 0.351 e. The normalized spacial score (nSPS) is 23.1. The Bertz CT molecular complexity index is 983. The van der Waals surface area contributed by atoms with Crippen molar-refractivity contribution in [1.82, 2.24) is 26.4 Å². The second kappa shape index (κ2) is 7.28. The zero-order valence-corrected chi connectivity index (χ0v) is 14.9. The van der Waals surface area contributed by atoms with Crippen molar-refractivity contribution in [2.45, 2.75) is 11.6 Å². The van der Waals surface area contributed by atoms with E-state index in [1.807, 2.05) is 0 Å². The Labute approximate surface area is 164 Å². The third-order valence-electron chi connectivity index (χ3n) is 4.59. The number of hydrazine groups is 1. The molecule has 1 saturated heterocycles. The third kappa shape index (κ3) is 3.50. The summed E-state index contributed by atoms with van der Waals surface area (Å²) in [6.45, 7) is -0.171. The Hall–Kier alpha value is -3.86. The highest BCUT2D eigenvalue weighted by Crippen LogP contribution is 2.24. The Morgan fingerprint density at radius 2 is 1.90 bits per heavy atom. The molecule has 2 aliphatic rings. The van der Waals surface area contributed by atoms with E-state index in [0.29, 0.717) is 11.3 Å². The second-order valence-electron chi connectivity index (χ2n) is 6.43. The van der Waals surface area contributed by atoms with E-state index in [-0.39, 0.29) is 12.4 Å². The molecule has 0 radical (unpaired) electrons. The summed E-state index contributed by atoms with van der Waals surface area (Å²) in [6, 6.07) is 7.29. The smallest absolute Gasteiger partial charge is 0.322 e. The molecular formula is C18H16FN7O3. The molecule has 11 heteroatoms. The maximum Gasteiger partial charge on any atom is 0.322 e. The molecule has 1 aromatic carbocycles. The monoisotopic (exact) mass is 397 g/mol. The third-order valence-corrected chi connectivity index (χ3v) is 4.59. The zero-order valence-electron chi connectivity index (χ0n) is 14.9. The van der Waals surface area contributed by atoms with Crippen molar-refractivity contribution in [3.8, 4) is 0 Å². The first kappa shape index (κ1) is 18.5. The van der Waals surface area contributed by atoms with E-state index < -0.39 is 29.4 Å². The van der Waals surface area contributed by atoms with Gasteiger partial charge in [0.15, 0.2) is 5.54 Å². The Balaban J connectivity index is 1.44. The number of nitrogens with zero attached hydrogens (tertiary/aromatic N) is 3. The number of anilines is 1. The highest BCUT2D eigenvalue weighted by Gasteiger charge is 2.48. The average molecular weight is 397 g/mol. The molecule has 1 aromatic heterocycles. The number of carbonyl (C=O) groups excluding carboxylic acids is 3. The number of pyridine rings is 1. The molecule has 2 unspecified atom stereocenters. The van der Waals surface area contributed by atoms with Crippen LogP contribution in [0, 0.1) is 5.82 Å². The second-order valence-corrected chi connectivity index (χ2v) is 6.43. The summed E-state index contributed by atoms with van der Waals surface area (Å²) >= 11 is 0. The van der Waals surface area contributed by atoms with E-state index in [1.54, 1.807) is 12.1 Å². The van der Waals surface area contributed by atoms with Crippen LogP contribution in [0.4, 0.5) is 14.9 Å². The first-order chi connectivity index (χ1) is 14.0. The minimum absolute atomic E-state index is 0.171. The molecule has 10 nitrogen and oxygen atoms in total. The van der Waals surface area contributed by atoms with Gasteiger partial charge in [0.05, 0.1) is 18.4 Å². The maximum atomic E-state index is 13.1. The average Bonchev–Trinajstić information content (AvgIpc) is 3.32. The number of benzene rings is 1. The fourth-order valence-corrected chi connectivity index (χ4v) is 3.07. The molecule has 0 spiro atoms. The van der Waals surface area contributed by atoms with Crippen LogP contribution in [-0.4, -0.2) is 41.6 Å². The molecule has 4 rings (SSSR count). The molecule has 29 heavy (non-hydrogen) atoms. The van der Waals surface area contributed by atoms with Crippen molar-refractivity contribution in [2.24, 2.45) is 5.10 Å². The molecule has 1 fully saturated rings. The van der Waals surface area contributed by atoms with Crippen molar-refractivity contribution in [2.75, 3.05) is 11.7 Å². The molecule has 0 saturated carbocycles. The fourth-order valence-electron chi connectivity index (χ4n) is 3.07. The summed E-state index contributed by atoms with van der Waals surface area (Å²) in [4.78, 5) is 40.7. The maximum absolute atomic E-state index is 13.1. The van der Waals surface area contributed by atoms with Gasteiger partial charge >= 0.3 is 6.03 Å². The van der Waals surface area contributed by atoms with Gasteiger partial charge in [0.1, 0.15) is 11.9 Å². The minimum Gasteiger partial charge on any atom is -0.351 e. The molecule has 2 aromatic rings. The van der Waals surface area contributed by atoms with E-state index in [2.05, 4.69) is 31.5 Å². The van der Waals surface area contributed by atoms with E-state index in [0.717, 1.165) is 0 Å². The van der Waals surface area contributed by atoms with Gasteiger partial charge in [0, 0.05) is 12.4 Å². The molecule has 2 aliphatic heterocycles. The van der Waals surface area contributed by atoms with E-state index >= 15 is 0 Å². The van der Waals surface area contributed by atoms with Crippen molar-refractivity contribution >= 4 is 29.7 Å². The number of urea groups is 1. The highest BCUT2D eigenvalue weighted by molar-refractivity contribution is 6.08. The standard InChI is InChI=1S/C18H16FN7O3/c19-12-1-3-13(4-2-12)26-22-9-14(25-26)15(27)21-10-18(11-5-7-20-8-6-11)16(28)23-17(29)24-18/h1-9,14,25H,10H2,(H,21,27)(H2,23,24,28,29). The summed E-state index contributed by atoms with van der Waals surface area (Å²) in [6.07, 6.45) is 4.36. The number of halogens is 1. The van der Waals surface area contributed by atoms with Crippen molar-refractivity contribution in [3.63, 3.8) is 0 Å². The summed E-state index contributed by atoms with van der Waals surface area (Å²) in [5.74, 6) is -1.42. The molecule has 0 aliphatic carbocycles. The SMILES string of the molecule is O=C1NC(=O)C(CNC(=O)C2C=NN(c3ccc(F)cc3)N2)(c2ccncc2)N1.